The highest BCUT2D eigenvalue weighted by Crippen LogP contribution is 2.24. The predicted octanol–water partition coefficient (Wildman–Crippen LogP) is 2.35. The summed E-state index contributed by atoms with van der Waals surface area (Å²) in [4.78, 5) is 0. The molecule has 0 bridgehead atoms. The minimum Gasteiger partial charge on any atom is -0.396 e. The van der Waals surface area contributed by atoms with Crippen LogP contribution in [0.4, 0.5) is 0 Å². The molecule has 0 atom stereocenters. The zero-order valence-corrected chi connectivity index (χ0v) is 12.1. The lowest BCUT2D eigenvalue weighted by Crippen LogP contribution is -2.36. The van der Waals surface area contributed by atoms with E-state index in [4.69, 9.17) is 0 Å². The highest BCUT2D eigenvalue weighted by atomic mass is 16.3. The van der Waals surface area contributed by atoms with Gasteiger partial charge in [0.2, 0.25) is 0 Å². The first-order valence-corrected chi connectivity index (χ1v) is 6.91. The second-order valence-corrected chi connectivity index (χ2v) is 5.39. The van der Waals surface area contributed by atoms with Gasteiger partial charge >= 0.3 is 0 Å². The van der Waals surface area contributed by atoms with Crippen molar-refractivity contribution in [2.45, 2.75) is 53.1 Å². The Kier molecular flexibility index (Phi) is 5.82. The van der Waals surface area contributed by atoms with Gasteiger partial charge in [0.25, 0.3) is 0 Å². The smallest absolute Gasteiger partial charge is 0.0534 e. The fourth-order valence-corrected chi connectivity index (χ4v) is 2.00. The maximum atomic E-state index is 9.49. The summed E-state index contributed by atoms with van der Waals surface area (Å²) in [6.45, 7) is 10.4. The van der Waals surface area contributed by atoms with Gasteiger partial charge in [-0.25, -0.2) is 0 Å². The molecule has 0 saturated heterocycles. The average Bonchev–Trinajstić information content (AvgIpc) is 2.84. The quantitative estimate of drug-likeness (QED) is 0.747. The van der Waals surface area contributed by atoms with E-state index in [0.29, 0.717) is 6.04 Å². The van der Waals surface area contributed by atoms with Crippen molar-refractivity contribution >= 4 is 0 Å². The van der Waals surface area contributed by atoms with E-state index in [1.54, 1.807) is 0 Å². The van der Waals surface area contributed by atoms with Crippen LogP contribution in [0, 0.1) is 5.41 Å². The largest absolute Gasteiger partial charge is 0.396 e. The number of hydrogen-bond acceptors (Lipinski definition) is 3. The molecule has 0 aromatic carbocycles. The zero-order chi connectivity index (χ0) is 13.6. The molecular weight excluding hydrogens is 226 g/mol. The van der Waals surface area contributed by atoms with Gasteiger partial charge in [-0.3, -0.25) is 4.68 Å². The number of nitrogens with zero attached hydrogens (tertiary/aromatic N) is 2. The van der Waals surface area contributed by atoms with Crippen molar-refractivity contribution in [2.24, 2.45) is 5.41 Å². The molecule has 0 aliphatic rings. The molecule has 104 valence electrons. The average molecular weight is 253 g/mol. The van der Waals surface area contributed by atoms with Crippen molar-refractivity contribution in [3.05, 3.63) is 18.0 Å². The minimum atomic E-state index is 0.0219. The first-order chi connectivity index (χ1) is 8.56. The fraction of sp³-hybridized carbons (Fsp3) is 0.786. The second kappa shape index (κ2) is 6.90. The molecule has 0 amide bonds. The Balaban J connectivity index is 2.45. The van der Waals surface area contributed by atoms with Crippen LogP contribution in [0.25, 0.3) is 0 Å². The normalized spacial score (nSPS) is 12.3. The van der Waals surface area contributed by atoms with Gasteiger partial charge in [0.15, 0.2) is 0 Å². The van der Waals surface area contributed by atoms with Crippen molar-refractivity contribution in [2.75, 3.05) is 13.2 Å². The van der Waals surface area contributed by atoms with Gasteiger partial charge in [-0.1, -0.05) is 13.8 Å². The van der Waals surface area contributed by atoms with Crippen LogP contribution < -0.4 is 5.32 Å². The third kappa shape index (κ3) is 3.82. The third-order valence-corrected chi connectivity index (χ3v) is 3.85. The van der Waals surface area contributed by atoms with E-state index in [9.17, 15) is 5.11 Å². The Hall–Kier alpha value is -0.870. The van der Waals surface area contributed by atoms with Crippen molar-refractivity contribution in [1.82, 2.24) is 15.1 Å². The van der Waals surface area contributed by atoms with Crippen LogP contribution in [0.2, 0.25) is 0 Å². The molecule has 1 aromatic rings. The number of aliphatic hydroxyl groups excluding tert-OH is 1. The molecule has 0 saturated carbocycles. The van der Waals surface area contributed by atoms with E-state index >= 15 is 0 Å². The molecule has 4 nitrogen and oxygen atoms in total. The van der Waals surface area contributed by atoms with Crippen LogP contribution in [0.3, 0.4) is 0 Å². The molecule has 0 aliphatic heterocycles. The lowest BCUT2D eigenvalue weighted by Gasteiger charge is -2.29. The van der Waals surface area contributed by atoms with Crippen LogP contribution in [0.15, 0.2) is 12.4 Å². The third-order valence-electron chi connectivity index (χ3n) is 3.85. The summed E-state index contributed by atoms with van der Waals surface area (Å²) < 4.78 is 1.97. The number of nitrogens with one attached hydrogen (secondary N) is 1. The van der Waals surface area contributed by atoms with Gasteiger partial charge in [0, 0.05) is 42.9 Å². The van der Waals surface area contributed by atoms with Crippen molar-refractivity contribution in [1.29, 1.82) is 0 Å². The van der Waals surface area contributed by atoms with E-state index < -0.39 is 0 Å². The number of hydrogen-bond donors (Lipinski definition) is 2. The van der Waals surface area contributed by atoms with E-state index in [1.807, 2.05) is 10.9 Å². The maximum absolute atomic E-state index is 9.49. The molecule has 4 heteroatoms. The molecule has 2 N–H and O–H groups in total. The van der Waals surface area contributed by atoms with Crippen LogP contribution in [0.1, 0.15) is 52.1 Å². The summed E-state index contributed by atoms with van der Waals surface area (Å²) in [6.07, 6.45) is 5.98. The van der Waals surface area contributed by atoms with Crippen LogP contribution in [-0.4, -0.2) is 28.0 Å². The Morgan fingerprint density at radius 2 is 2.06 bits per heavy atom. The van der Waals surface area contributed by atoms with Gasteiger partial charge < -0.3 is 10.4 Å². The highest BCUT2D eigenvalue weighted by Gasteiger charge is 2.24. The Bertz CT molecular complexity index is 334. The summed E-state index contributed by atoms with van der Waals surface area (Å²) >= 11 is 0. The molecule has 0 spiro atoms. The molecular formula is C14H27N3O. The van der Waals surface area contributed by atoms with Gasteiger partial charge in [0.1, 0.15) is 0 Å². The number of rotatable bonds is 8. The summed E-state index contributed by atoms with van der Waals surface area (Å²) in [5.41, 5.74) is 1.22. The number of aliphatic hydroxyl groups is 1. The van der Waals surface area contributed by atoms with Gasteiger partial charge in [-0.15, -0.1) is 0 Å². The maximum Gasteiger partial charge on any atom is 0.0534 e. The second-order valence-electron chi connectivity index (χ2n) is 5.39. The molecule has 0 aliphatic carbocycles. The van der Waals surface area contributed by atoms with Crippen LogP contribution >= 0.6 is 0 Å². The summed E-state index contributed by atoms with van der Waals surface area (Å²) in [6, 6.07) is 0.404. The van der Waals surface area contributed by atoms with Crippen molar-refractivity contribution in [3.63, 3.8) is 0 Å². The van der Waals surface area contributed by atoms with E-state index in [2.05, 4.69) is 44.3 Å². The fourth-order valence-electron chi connectivity index (χ4n) is 2.00. The Morgan fingerprint density at radius 1 is 1.39 bits per heavy atom. The van der Waals surface area contributed by atoms with Crippen LogP contribution in [0.5, 0.6) is 0 Å². The molecule has 0 radical (unpaired) electrons. The van der Waals surface area contributed by atoms with E-state index in [0.717, 1.165) is 25.9 Å². The molecule has 18 heavy (non-hydrogen) atoms. The molecule has 0 unspecified atom stereocenters. The Labute approximate surface area is 110 Å². The summed E-state index contributed by atoms with van der Waals surface area (Å²) in [7, 11) is 0. The van der Waals surface area contributed by atoms with Crippen molar-refractivity contribution < 1.29 is 5.11 Å². The standard InChI is InChI=1S/C14H27N3O/c1-5-14(6-2,11-18)10-15-7-13-8-16-17(9-13)12(3)4/h8-9,12,15,18H,5-7,10-11H2,1-4H3. The highest BCUT2D eigenvalue weighted by molar-refractivity contribution is 5.04. The lowest BCUT2D eigenvalue weighted by molar-refractivity contribution is 0.113. The summed E-state index contributed by atoms with van der Waals surface area (Å²) in [5, 5.41) is 17.2. The van der Waals surface area contributed by atoms with Gasteiger partial charge in [0.05, 0.1) is 6.20 Å². The molecule has 0 fully saturated rings. The summed E-state index contributed by atoms with van der Waals surface area (Å²) in [5.74, 6) is 0. The van der Waals surface area contributed by atoms with Crippen molar-refractivity contribution in [3.8, 4) is 0 Å². The molecule has 1 aromatic heterocycles. The molecule has 1 heterocycles. The zero-order valence-electron chi connectivity index (χ0n) is 12.1. The minimum absolute atomic E-state index is 0.0219. The van der Waals surface area contributed by atoms with E-state index in [1.165, 1.54) is 5.56 Å². The van der Waals surface area contributed by atoms with Gasteiger partial charge in [-0.05, 0) is 26.7 Å². The number of aromatic nitrogens is 2. The van der Waals surface area contributed by atoms with Gasteiger partial charge in [-0.2, -0.15) is 5.10 Å². The SMILES string of the molecule is CCC(CC)(CO)CNCc1cnn(C(C)C)c1. The van der Waals surface area contributed by atoms with Crippen LogP contribution in [-0.2, 0) is 6.54 Å². The monoisotopic (exact) mass is 253 g/mol. The first-order valence-electron chi connectivity index (χ1n) is 6.91. The predicted molar refractivity (Wildman–Crippen MR) is 74.4 cm³/mol. The van der Waals surface area contributed by atoms with E-state index in [-0.39, 0.29) is 12.0 Å². The molecule has 1 rings (SSSR count). The topological polar surface area (TPSA) is 50.1 Å². The Morgan fingerprint density at radius 3 is 2.50 bits per heavy atom. The first kappa shape index (κ1) is 15.2. The lowest BCUT2D eigenvalue weighted by atomic mass is 9.83.